The lowest BCUT2D eigenvalue weighted by atomic mass is 10.1. The van der Waals surface area contributed by atoms with Crippen LogP contribution in [0.2, 0.25) is 0 Å². The zero-order valence-electron chi connectivity index (χ0n) is 11.3. The topological polar surface area (TPSA) is 41.1 Å². The summed E-state index contributed by atoms with van der Waals surface area (Å²) in [5, 5.41) is 6.25. The Morgan fingerprint density at radius 3 is 2.50 bits per heavy atom. The first-order valence-corrected chi connectivity index (χ1v) is 7.64. The van der Waals surface area contributed by atoms with Gasteiger partial charge in [0.25, 0.3) is 5.91 Å². The maximum absolute atomic E-state index is 12.2. The van der Waals surface area contributed by atoms with Crippen molar-refractivity contribution in [2.75, 3.05) is 11.9 Å². The predicted octanol–water partition coefficient (Wildman–Crippen LogP) is 3.65. The molecule has 0 bridgehead atoms. The second-order valence-corrected chi connectivity index (χ2v) is 5.64. The number of carbonyl (C=O) groups excluding carboxylic acids is 1. The predicted molar refractivity (Wildman–Crippen MR) is 90.9 cm³/mol. The van der Waals surface area contributed by atoms with Gasteiger partial charge < -0.3 is 10.6 Å². The highest BCUT2D eigenvalue weighted by atomic mass is 127. The number of hydrogen-bond donors (Lipinski definition) is 2. The first kappa shape index (κ1) is 15.0. The van der Waals surface area contributed by atoms with Gasteiger partial charge >= 0.3 is 0 Å². The summed E-state index contributed by atoms with van der Waals surface area (Å²) in [6.07, 6.45) is 0. The van der Waals surface area contributed by atoms with E-state index in [1.54, 1.807) is 0 Å². The van der Waals surface area contributed by atoms with Crippen molar-refractivity contribution in [3.05, 3.63) is 63.2 Å². The van der Waals surface area contributed by atoms with Gasteiger partial charge in [0.15, 0.2) is 0 Å². The summed E-state index contributed by atoms with van der Waals surface area (Å²) < 4.78 is 1.12. The number of hydrogen-bond acceptors (Lipinski definition) is 2. The van der Waals surface area contributed by atoms with Crippen LogP contribution >= 0.6 is 22.6 Å². The van der Waals surface area contributed by atoms with Crippen LogP contribution < -0.4 is 10.6 Å². The fourth-order valence-corrected chi connectivity index (χ4v) is 2.21. The Hall–Kier alpha value is -1.40. The lowest BCUT2D eigenvalue weighted by molar-refractivity contribution is 0.102. The number of nitrogens with one attached hydrogen (secondary N) is 2. The average molecular weight is 380 g/mol. The molecule has 0 aromatic heterocycles. The summed E-state index contributed by atoms with van der Waals surface area (Å²) in [4.78, 5) is 12.2. The molecule has 0 radical (unpaired) electrons. The van der Waals surface area contributed by atoms with Gasteiger partial charge in [0.1, 0.15) is 0 Å². The Morgan fingerprint density at radius 2 is 1.80 bits per heavy atom. The maximum atomic E-state index is 12.2. The minimum atomic E-state index is -0.0784. The summed E-state index contributed by atoms with van der Waals surface area (Å²) in [6.45, 7) is 3.71. The zero-order chi connectivity index (χ0) is 14.4. The van der Waals surface area contributed by atoms with Gasteiger partial charge in [-0.15, -0.1) is 0 Å². The van der Waals surface area contributed by atoms with E-state index >= 15 is 0 Å². The van der Waals surface area contributed by atoms with E-state index in [2.05, 4.69) is 40.1 Å². The third kappa shape index (κ3) is 4.05. The fourth-order valence-electron chi connectivity index (χ4n) is 1.85. The molecule has 0 saturated carbocycles. The van der Waals surface area contributed by atoms with Gasteiger partial charge in [0.2, 0.25) is 0 Å². The first-order valence-electron chi connectivity index (χ1n) is 6.56. The van der Waals surface area contributed by atoms with Gasteiger partial charge in [-0.3, -0.25) is 4.79 Å². The lowest BCUT2D eigenvalue weighted by Gasteiger charge is -2.11. The highest BCUT2D eigenvalue weighted by molar-refractivity contribution is 14.1. The van der Waals surface area contributed by atoms with Crippen molar-refractivity contribution >= 4 is 34.2 Å². The van der Waals surface area contributed by atoms with Crippen molar-refractivity contribution in [1.82, 2.24) is 5.32 Å². The van der Waals surface area contributed by atoms with Crippen molar-refractivity contribution in [3.63, 3.8) is 0 Å². The molecule has 0 spiro atoms. The van der Waals surface area contributed by atoms with E-state index in [0.29, 0.717) is 5.56 Å². The minimum absolute atomic E-state index is 0.0784. The molecule has 0 atom stereocenters. The van der Waals surface area contributed by atoms with Crippen LogP contribution in [0.5, 0.6) is 0 Å². The largest absolute Gasteiger partial charge is 0.322 e. The van der Waals surface area contributed by atoms with Crippen LogP contribution in [0, 0.1) is 3.57 Å². The number of anilines is 1. The second kappa shape index (κ2) is 7.40. The molecule has 0 aliphatic carbocycles. The van der Waals surface area contributed by atoms with Crippen molar-refractivity contribution in [2.24, 2.45) is 0 Å². The Kier molecular flexibility index (Phi) is 5.55. The monoisotopic (exact) mass is 380 g/mol. The second-order valence-electron chi connectivity index (χ2n) is 4.40. The van der Waals surface area contributed by atoms with Crippen LogP contribution in [0.15, 0.2) is 48.5 Å². The molecule has 2 aromatic rings. The van der Waals surface area contributed by atoms with E-state index in [9.17, 15) is 4.79 Å². The van der Waals surface area contributed by atoms with E-state index < -0.39 is 0 Å². The van der Waals surface area contributed by atoms with E-state index in [4.69, 9.17) is 0 Å². The number of para-hydroxylation sites is 1. The molecule has 2 rings (SSSR count). The van der Waals surface area contributed by atoms with Crippen LogP contribution in [0.1, 0.15) is 22.8 Å². The molecule has 104 valence electrons. The third-order valence-electron chi connectivity index (χ3n) is 2.94. The quantitative estimate of drug-likeness (QED) is 0.778. The van der Waals surface area contributed by atoms with Crippen LogP contribution in [-0.2, 0) is 6.54 Å². The van der Waals surface area contributed by atoms with Crippen molar-refractivity contribution in [2.45, 2.75) is 13.5 Å². The Balaban J connectivity index is 2.13. The summed E-state index contributed by atoms with van der Waals surface area (Å²) in [7, 11) is 0. The summed E-state index contributed by atoms with van der Waals surface area (Å²) in [6, 6.07) is 15.4. The Morgan fingerprint density at radius 1 is 1.10 bits per heavy atom. The van der Waals surface area contributed by atoms with E-state index in [1.807, 2.05) is 48.5 Å². The molecule has 2 aromatic carbocycles. The number of amides is 1. The maximum Gasteiger partial charge on any atom is 0.255 e. The molecule has 1 amide bonds. The molecule has 0 heterocycles. The standard InChI is InChI=1S/C16H17IN2O/c1-2-18-11-13-5-3-4-6-15(13)19-16(20)12-7-9-14(17)10-8-12/h3-10,18H,2,11H2,1H3,(H,19,20). The highest BCUT2D eigenvalue weighted by Crippen LogP contribution is 2.16. The highest BCUT2D eigenvalue weighted by Gasteiger charge is 2.08. The van der Waals surface area contributed by atoms with Gasteiger partial charge in [0.05, 0.1) is 0 Å². The molecule has 2 N–H and O–H groups in total. The summed E-state index contributed by atoms with van der Waals surface area (Å²) >= 11 is 2.22. The molecule has 0 unspecified atom stereocenters. The fraction of sp³-hybridized carbons (Fsp3) is 0.188. The minimum Gasteiger partial charge on any atom is -0.322 e. The van der Waals surface area contributed by atoms with Gasteiger partial charge in [-0.25, -0.2) is 0 Å². The van der Waals surface area contributed by atoms with Crippen LogP contribution in [0.3, 0.4) is 0 Å². The lowest BCUT2D eigenvalue weighted by Crippen LogP contribution is -2.17. The number of rotatable bonds is 5. The average Bonchev–Trinajstić information content (AvgIpc) is 2.47. The van der Waals surface area contributed by atoms with Gasteiger partial charge in [-0.05, 0) is 65.0 Å². The number of carbonyl (C=O) groups is 1. The molecule has 0 aliphatic rings. The molecular formula is C16H17IN2O. The van der Waals surface area contributed by atoms with E-state index in [1.165, 1.54) is 0 Å². The smallest absolute Gasteiger partial charge is 0.255 e. The molecule has 0 aliphatic heterocycles. The Labute approximate surface area is 132 Å². The number of halogens is 1. The molecule has 4 heteroatoms. The molecular weight excluding hydrogens is 363 g/mol. The van der Waals surface area contributed by atoms with Gasteiger partial charge in [0, 0.05) is 21.4 Å². The molecule has 20 heavy (non-hydrogen) atoms. The van der Waals surface area contributed by atoms with E-state index in [-0.39, 0.29) is 5.91 Å². The number of benzene rings is 2. The van der Waals surface area contributed by atoms with Crippen molar-refractivity contribution < 1.29 is 4.79 Å². The Bertz CT molecular complexity index is 581. The zero-order valence-corrected chi connectivity index (χ0v) is 13.5. The van der Waals surface area contributed by atoms with Crippen LogP contribution in [0.4, 0.5) is 5.69 Å². The van der Waals surface area contributed by atoms with Gasteiger partial charge in [-0.1, -0.05) is 25.1 Å². The van der Waals surface area contributed by atoms with Gasteiger partial charge in [-0.2, -0.15) is 0 Å². The van der Waals surface area contributed by atoms with Crippen LogP contribution in [0.25, 0.3) is 0 Å². The molecule has 3 nitrogen and oxygen atoms in total. The molecule has 0 saturated heterocycles. The van der Waals surface area contributed by atoms with Crippen LogP contribution in [-0.4, -0.2) is 12.5 Å². The SMILES string of the molecule is CCNCc1ccccc1NC(=O)c1ccc(I)cc1. The summed E-state index contributed by atoms with van der Waals surface area (Å²) in [5.41, 5.74) is 2.62. The third-order valence-corrected chi connectivity index (χ3v) is 3.66. The molecule has 0 fully saturated rings. The first-order chi connectivity index (χ1) is 9.70. The van der Waals surface area contributed by atoms with Crippen molar-refractivity contribution in [3.8, 4) is 0 Å². The summed E-state index contributed by atoms with van der Waals surface area (Å²) in [5.74, 6) is -0.0784. The van der Waals surface area contributed by atoms with Crippen molar-refractivity contribution in [1.29, 1.82) is 0 Å². The van der Waals surface area contributed by atoms with E-state index in [0.717, 1.165) is 27.9 Å². The normalized spacial score (nSPS) is 10.3.